The zero-order chi connectivity index (χ0) is 12.1. The lowest BCUT2D eigenvalue weighted by Crippen LogP contribution is -2.11. The van der Waals surface area contributed by atoms with Crippen molar-refractivity contribution in [1.29, 1.82) is 0 Å². The standard InChI is InChI=1S/C11H12O4S/c12-10(13)8-5-1-3-7(4-2-6-16)9(8)11(14)15/h1,3,5,16H,2,4,6H2,(H,12,13)(H,14,15). The van der Waals surface area contributed by atoms with E-state index in [-0.39, 0.29) is 11.1 Å². The van der Waals surface area contributed by atoms with Gasteiger partial charge in [0.25, 0.3) is 0 Å². The van der Waals surface area contributed by atoms with Crippen molar-refractivity contribution in [2.75, 3.05) is 5.75 Å². The number of carboxylic acid groups (broad SMARTS) is 2. The lowest BCUT2D eigenvalue weighted by molar-refractivity contribution is 0.0650. The topological polar surface area (TPSA) is 74.6 Å². The predicted octanol–water partition coefficient (Wildman–Crippen LogP) is 1.95. The fourth-order valence-electron chi connectivity index (χ4n) is 1.51. The maximum absolute atomic E-state index is 11.0. The molecule has 0 atom stereocenters. The molecule has 2 N–H and O–H groups in total. The van der Waals surface area contributed by atoms with E-state index < -0.39 is 11.9 Å². The SMILES string of the molecule is O=C(O)c1cccc(CCCS)c1C(=O)O. The highest BCUT2D eigenvalue weighted by Gasteiger charge is 2.19. The van der Waals surface area contributed by atoms with Gasteiger partial charge in [-0.1, -0.05) is 12.1 Å². The van der Waals surface area contributed by atoms with Gasteiger partial charge in [-0.2, -0.15) is 12.6 Å². The van der Waals surface area contributed by atoms with Crippen LogP contribution in [0.1, 0.15) is 32.7 Å². The van der Waals surface area contributed by atoms with Gasteiger partial charge in [-0.05, 0) is 30.2 Å². The van der Waals surface area contributed by atoms with Gasteiger partial charge in [-0.3, -0.25) is 0 Å². The van der Waals surface area contributed by atoms with E-state index in [1.54, 1.807) is 12.1 Å². The number of aryl methyl sites for hydroxylation is 1. The Bertz CT molecular complexity index is 414. The van der Waals surface area contributed by atoms with Crippen molar-refractivity contribution in [3.05, 3.63) is 34.9 Å². The average molecular weight is 240 g/mol. The Morgan fingerprint density at radius 2 is 1.88 bits per heavy atom. The van der Waals surface area contributed by atoms with Gasteiger partial charge in [0.2, 0.25) is 0 Å². The van der Waals surface area contributed by atoms with Crippen LogP contribution in [0.2, 0.25) is 0 Å². The minimum Gasteiger partial charge on any atom is -0.478 e. The van der Waals surface area contributed by atoms with E-state index in [9.17, 15) is 9.59 Å². The smallest absolute Gasteiger partial charge is 0.336 e. The third-order valence-corrected chi connectivity index (χ3v) is 2.52. The zero-order valence-corrected chi connectivity index (χ0v) is 9.41. The molecule has 1 aromatic rings. The van der Waals surface area contributed by atoms with E-state index in [1.165, 1.54) is 6.07 Å². The summed E-state index contributed by atoms with van der Waals surface area (Å²) in [5.41, 5.74) is 0.266. The Kier molecular flexibility index (Phi) is 4.37. The fraction of sp³-hybridized carbons (Fsp3) is 0.273. The minimum absolute atomic E-state index is 0.114. The van der Waals surface area contributed by atoms with Gasteiger partial charge < -0.3 is 10.2 Å². The van der Waals surface area contributed by atoms with Crippen molar-refractivity contribution in [2.24, 2.45) is 0 Å². The van der Waals surface area contributed by atoms with Crippen molar-refractivity contribution < 1.29 is 19.8 Å². The lowest BCUT2D eigenvalue weighted by atomic mass is 9.98. The molecule has 0 aromatic heterocycles. The number of aromatic carboxylic acids is 2. The van der Waals surface area contributed by atoms with Crippen LogP contribution >= 0.6 is 12.6 Å². The molecule has 0 amide bonds. The summed E-state index contributed by atoms with van der Waals surface area (Å²) in [6, 6.07) is 4.50. The van der Waals surface area contributed by atoms with Gasteiger partial charge in [0.15, 0.2) is 0 Å². The van der Waals surface area contributed by atoms with Gasteiger partial charge in [0.05, 0.1) is 11.1 Å². The first-order chi connectivity index (χ1) is 7.57. The Labute approximate surface area is 98.3 Å². The number of carbonyl (C=O) groups is 2. The molecule has 0 fully saturated rings. The van der Waals surface area contributed by atoms with Crippen LogP contribution in [0.5, 0.6) is 0 Å². The summed E-state index contributed by atoms with van der Waals surface area (Å²) in [6.45, 7) is 0. The second-order valence-electron chi connectivity index (χ2n) is 3.28. The first-order valence-electron chi connectivity index (χ1n) is 4.77. The molecule has 1 aromatic carbocycles. The highest BCUT2D eigenvalue weighted by atomic mass is 32.1. The number of rotatable bonds is 5. The molecule has 1 rings (SSSR count). The van der Waals surface area contributed by atoms with Crippen molar-refractivity contribution in [2.45, 2.75) is 12.8 Å². The largest absolute Gasteiger partial charge is 0.478 e. The zero-order valence-electron chi connectivity index (χ0n) is 8.51. The van der Waals surface area contributed by atoms with Crippen LogP contribution in [0.4, 0.5) is 0 Å². The quantitative estimate of drug-likeness (QED) is 0.688. The van der Waals surface area contributed by atoms with Crippen LogP contribution in [0, 0.1) is 0 Å². The van der Waals surface area contributed by atoms with Crippen molar-refractivity contribution in [3.63, 3.8) is 0 Å². The first kappa shape index (κ1) is 12.6. The van der Waals surface area contributed by atoms with Crippen molar-refractivity contribution in [1.82, 2.24) is 0 Å². The van der Waals surface area contributed by atoms with Crippen molar-refractivity contribution in [3.8, 4) is 0 Å². The molecule has 0 unspecified atom stereocenters. The third kappa shape index (κ3) is 2.76. The summed E-state index contributed by atoms with van der Waals surface area (Å²) in [6.07, 6.45) is 1.23. The maximum Gasteiger partial charge on any atom is 0.336 e. The van der Waals surface area contributed by atoms with Gasteiger partial charge in [0.1, 0.15) is 0 Å². The molecule has 0 saturated carbocycles. The van der Waals surface area contributed by atoms with Crippen LogP contribution in [0.3, 0.4) is 0 Å². The Morgan fingerprint density at radius 1 is 1.19 bits per heavy atom. The molecule has 0 aliphatic rings. The third-order valence-electron chi connectivity index (χ3n) is 2.20. The normalized spacial score (nSPS) is 10.1. The van der Waals surface area contributed by atoms with E-state index in [4.69, 9.17) is 10.2 Å². The number of thiol groups is 1. The monoisotopic (exact) mass is 240 g/mol. The molecule has 16 heavy (non-hydrogen) atoms. The second-order valence-corrected chi connectivity index (χ2v) is 3.72. The molecule has 0 aliphatic heterocycles. The van der Waals surface area contributed by atoms with Gasteiger partial charge in [-0.15, -0.1) is 0 Å². The molecule has 0 aliphatic carbocycles. The Balaban J connectivity index is 3.21. The van der Waals surface area contributed by atoms with Crippen LogP contribution in [0.15, 0.2) is 18.2 Å². The Morgan fingerprint density at radius 3 is 2.38 bits per heavy atom. The van der Waals surface area contributed by atoms with Crippen LogP contribution in [-0.2, 0) is 6.42 Å². The van der Waals surface area contributed by atoms with E-state index in [2.05, 4.69) is 12.6 Å². The van der Waals surface area contributed by atoms with Crippen LogP contribution in [0.25, 0.3) is 0 Å². The van der Waals surface area contributed by atoms with Crippen LogP contribution in [-0.4, -0.2) is 27.9 Å². The van der Waals surface area contributed by atoms with Gasteiger partial charge >= 0.3 is 11.9 Å². The highest BCUT2D eigenvalue weighted by molar-refractivity contribution is 7.80. The summed E-state index contributed by atoms with van der Waals surface area (Å²) in [5, 5.41) is 17.9. The summed E-state index contributed by atoms with van der Waals surface area (Å²) < 4.78 is 0. The molecular formula is C11H12O4S. The number of carboxylic acids is 2. The van der Waals surface area contributed by atoms with E-state index in [0.29, 0.717) is 24.2 Å². The number of hydrogen-bond acceptors (Lipinski definition) is 3. The minimum atomic E-state index is -1.22. The summed E-state index contributed by atoms with van der Waals surface area (Å²) in [5.74, 6) is -1.78. The molecule has 0 heterocycles. The first-order valence-corrected chi connectivity index (χ1v) is 5.40. The van der Waals surface area contributed by atoms with E-state index in [0.717, 1.165) is 0 Å². The Hall–Kier alpha value is -1.49. The molecule has 5 heteroatoms. The van der Waals surface area contributed by atoms with Gasteiger partial charge in [-0.25, -0.2) is 9.59 Å². The molecular weight excluding hydrogens is 228 g/mol. The number of hydrogen-bond donors (Lipinski definition) is 3. The average Bonchev–Trinajstić information content (AvgIpc) is 2.25. The number of benzene rings is 1. The summed E-state index contributed by atoms with van der Waals surface area (Å²) in [7, 11) is 0. The lowest BCUT2D eigenvalue weighted by Gasteiger charge is -2.08. The summed E-state index contributed by atoms with van der Waals surface area (Å²) >= 11 is 4.04. The predicted molar refractivity (Wildman–Crippen MR) is 62.5 cm³/mol. The molecule has 0 radical (unpaired) electrons. The molecule has 0 spiro atoms. The van der Waals surface area contributed by atoms with Crippen LogP contribution < -0.4 is 0 Å². The van der Waals surface area contributed by atoms with E-state index in [1.807, 2.05) is 0 Å². The van der Waals surface area contributed by atoms with Gasteiger partial charge in [0, 0.05) is 0 Å². The van der Waals surface area contributed by atoms with Crippen molar-refractivity contribution >= 4 is 24.6 Å². The van der Waals surface area contributed by atoms with E-state index >= 15 is 0 Å². The molecule has 86 valence electrons. The molecule has 4 nitrogen and oxygen atoms in total. The highest BCUT2D eigenvalue weighted by Crippen LogP contribution is 2.17. The second kappa shape index (κ2) is 5.55. The molecule has 0 saturated heterocycles. The maximum atomic E-state index is 11.0. The fourth-order valence-corrected chi connectivity index (χ4v) is 1.67. The molecule has 0 bridgehead atoms. The summed E-state index contributed by atoms with van der Waals surface area (Å²) in [4.78, 5) is 21.9.